The first-order valence-corrected chi connectivity index (χ1v) is 6.29. The van der Waals surface area contributed by atoms with Crippen molar-refractivity contribution in [2.45, 2.75) is 6.54 Å². The van der Waals surface area contributed by atoms with E-state index in [4.69, 9.17) is 10.9 Å². The summed E-state index contributed by atoms with van der Waals surface area (Å²) in [6.45, 7) is 4.68. The molecule has 0 aromatic carbocycles. The normalized spacial score (nSPS) is 18.7. The summed E-state index contributed by atoms with van der Waals surface area (Å²) < 4.78 is 0. The van der Waals surface area contributed by atoms with Crippen LogP contribution < -0.4 is 11.2 Å². The first-order chi connectivity index (χ1) is 9.20. The summed E-state index contributed by atoms with van der Waals surface area (Å²) in [7, 11) is 2.12. The summed E-state index contributed by atoms with van der Waals surface area (Å²) in [5.74, 6) is 0.0378. The highest BCUT2D eigenvalue weighted by atomic mass is 16.4. The molecule has 0 saturated carbocycles. The van der Waals surface area contributed by atoms with E-state index in [1.54, 1.807) is 6.20 Å². The second-order valence-electron chi connectivity index (χ2n) is 4.62. The highest BCUT2D eigenvalue weighted by molar-refractivity contribution is 5.96. The highest BCUT2D eigenvalue weighted by Crippen LogP contribution is 2.06. The number of aromatic nitrogens is 1. The van der Waals surface area contributed by atoms with Gasteiger partial charge in [-0.15, -0.1) is 0 Å². The average Bonchev–Trinajstić information content (AvgIpc) is 2.46. The molecule has 1 aromatic heterocycles. The maximum Gasteiger partial charge on any atom is 0.189 e. The molecule has 0 amide bonds. The molecule has 1 aliphatic rings. The number of rotatable bonds is 4. The molecular formula is C12H20N6O. The molecule has 2 heterocycles. The number of hydrogen-bond donors (Lipinski definition) is 3. The number of nitrogens with one attached hydrogen (secondary N) is 1. The summed E-state index contributed by atoms with van der Waals surface area (Å²) in [4.78, 5) is 6.44. The van der Waals surface area contributed by atoms with E-state index < -0.39 is 0 Å². The van der Waals surface area contributed by atoms with Gasteiger partial charge in [0.1, 0.15) is 5.69 Å². The predicted molar refractivity (Wildman–Crippen MR) is 72.7 cm³/mol. The summed E-state index contributed by atoms with van der Waals surface area (Å²) in [5.41, 5.74) is 10.4. The Balaban J connectivity index is 1.96. The van der Waals surface area contributed by atoms with Gasteiger partial charge in [0.25, 0.3) is 0 Å². The van der Waals surface area contributed by atoms with Gasteiger partial charge in [0.15, 0.2) is 5.84 Å². The molecule has 1 aromatic rings. The van der Waals surface area contributed by atoms with E-state index >= 15 is 0 Å². The Bertz CT molecular complexity index is 442. The van der Waals surface area contributed by atoms with Crippen molar-refractivity contribution < 1.29 is 5.21 Å². The van der Waals surface area contributed by atoms with Gasteiger partial charge in [-0.3, -0.25) is 10.4 Å². The fraction of sp³-hybridized carbons (Fsp3) is 0.500. The van der Waals surface area contributed by atoms with Crippen molar-refractivity contribution in [3.8, 4) is 0 Å². The van der Waals surface area contributed by atoms with Crippen LogP contribution in [0.3, 0.4) is 0 Å². The lowest BCUT2D eigenvalue weighted by molar-refractivity contribution is 0.102. The Hall–Kier alpha value is -1.70. The van der Waals surface area contributed by atoms with Crippen LogP contribution in [0.1, 0.15) is 11.3 Å². The maximum absolute atomic E-state index is 8.75. The van der Waals surface area contributed by atoms with Gasteiger partial charge in [-0.25, -0.2) is 5.01 Å². The molecule has 2 rings (SSSR count). The largest absolute Gasteiger partial charge is 0.409 e. The van der Waals surface area contributed by atoms with Crippen LogP contribution in [-0.2, 0) is 6.54 Å². The Labute approximate surface area is 112 Å². The Morgan fingerprint density at radius 2 is 2.21 bits per heavy atom. The molecule has 104 valence electrons. The van der Waals surface area contributed by atoms with Crippen LogP contribution in [0.15, 0.2) is 23.5 Å². The van der Waals surface area contributed by atoms with Gasteiger partial charge in [0.2, 0.25) is 0 Å². The lowest BCUT2D eigenvalue weighted by Crippen LogP contribution is -2.50. The number of amidine groups is 1. The second kappa shape index (κ2) is 6.46. The standard InChI is InChI=1S/C12H20N6O/c1-17-5-7-18(8-6-17)15-9-10-3-2-4-14-11(10)12(13)16-19/h2-4,15,19H,5-9H2,1H3,(H2,13,16). The van der Waals surface area contributed by atoms with Crippen LogP contribution in [0.2, 0.25) is 0 Å². The van der Waals surface area contributed by atoms with E-state index in [9.17, 15) is 0 Å². The smallest absolute Gasteiger partial charge is 0.189 e. The van der Waals surface area contributed by atoms with E-state index in [-0.39, 0.29) is 5.84 Å². The second-order valence-corrected chi connectivity index (χ2v) is 4.62. The monoisotopic (exact) mass is 264 g/mol. The molecule has 4 N–H and O–H groups in total. The molecule has 7 nitrogen and oxygen atoms in total. The third-order valence-corrected chi connectivity index (χ3v) is 3.24. The zero-order valence-electron chi connectivity index (χ0n) is 11.1. The van der Waals surface area contributed by atoms with Gasteiger partial charge >= 0.3 is 0 Å². The van der Waals surface area contributed by atoms with Crippen molar-refractivity contribution in [1.82, 2.24) is 20.3 Å². The van der Waals surface area contributed by atoms with Crippen molar-refractivity contribution in [1.29, 1.82) is 0 Å². The van der Waals surface area contributed by atoms with E-state index in [2.05, 4.69) is 32.5 Å². The van der Waals surface area contributed by atoms with Gasteiger partial charge < -0.3 is 15.8 Å². The number of pyridine rings is 1. The number of nitrogens with zero attached hydrogens (tertiary/aromatic N) is 4. The predicted octanol–water partition coefficient (Wildman–Crippen LogP) is -0.572. The van der Waals surface area contributed by atoms with Crippen LogP contribution in [0.5, 0.6) is 0 Å². The first-order valence-electron chi connectivity index (χ1n) is 6.29. The lowest BCUT2D eigenvalue weighted by atomic mass is 10.2. The van der Waals surface area contributed by atoms with Crippen LogP contribution in [-0.4, -0.2) is 59.2 Å². The molecule has 0 bridgehead atoms. The van der Waals surface area contributed by atoms with Gasteiger partial charge in [-0.05, 0) is 18.7 Å². The minimum absolute atomic E-state index is 0.0378. The third kappa shape index (κ3) is 3.63. The Morgan fingerprint density at radius 3 is 2.89 bits per heavy atom. The lowest BCUT2D eigenvalue weighted by Gasteiger charge is -2.32. The molecule has 0 spiro atoms. The van der Waals surface area contributed by atoms with Gasteiger partial charge in [0.05, 0.1) is 0 Å². The van der Waals surface area contributed by atoms with Crippen molar-refractivity contribution in [2.24, 2.45) is 10.9 Å². The number of piperazine rings is 1. The maximum atomic E-state index is 8.75. The van der Waals surface area contributed by atoms with Crippen LogP contribution >= 0.6 is 0 Å². The van der Waals surface area contributed by atoms with Crippen LogP contribution in [0.25, 0.3) is 0 Å². The Kier molecular flexibility index (Phi) is 4.67. The average molecular weight is 264 g/mol. The summed E-state index contributed by atoms with van der Waals surface area (Å²) >= 11 is 0. The molecule has 7 heteroatoms. The number of likely N-dealkylation sites (N-methyl/N-ethyl adjacent to an activating group) is 1. The zero-order chi connectivity index (χ0) is 13.7. The van der Waals surface area contributed by atoms with Crippen molar-refractivity contribution in [3.05, 3.63) is 29.6 Å². The topological polar surface area (TPSA) is 90.0 Å². The highest BCUT2D eigenvalue weighted by Gasteiger charge is 2.14. The fourth-order valence-electron chi connectivity index (χ4n) is 2.02. The van der Waals surface area contributed by atoms with Crippen LogP contribution in [0.4, 0.5) is 0 Å². The van der Waals surface area contributed by atoms with Crippen molar-refractivity contribution in [2.75, 3.05) is 33.2 Å². The number of hydrazine groups is 1. The summed E-state index contributed by atoms with van der Waals surface area (Å²) in [5, 5.41) is 13.9. The van der Waals surface area contributed by atoms with Crippen molar-refractivity contribution >= 4 is 5.84 Å². The molecule has 1 fully saturated rings. The van der Waals surface area contributed by atoms with Gasteiger partial charge in [-0.1, -0.05) is 11.2 Å². The van der Waals surface area contributed by atoms with Crippen molar-refractivity contribution in [3.63, 3.8) is 0 Å². The van der Waals surface area contributed by atoms with E-state index in [0.717, 1.165) is 31.7 Å². The minimum Gasteiger partial charge on any atom is -0.409 e. The minimum atomic E-state index is 0.0378. The number of hydrogen-bond acceptors (Lipinski definition) is 6. The Morgan fingerprint density at radius 1 is 1.47 bits per heavy atom. The molecule has 0 aliphatic carbocycles. The quantitative estimate of drug-likeness (QED) is 0.292. The zero-order valence-corrected chi connectivity index (χ0v) is 11.1. The van der Waals surface area contributed by atoms with Gasteiger partial charge in [-0.2, -0.15) is 0 Å². The molecule has 1 aliphatic heterocycles. The third-order valence-electron chi connectivity index (χ3n) is 3.24. The fourth-order valence-corrected chi connectivity index (χ4v) is 2.02. The molecule has 0 unspecified atom stereocenters. The molecular weight excluding hydrogens is 244 g/mol. The van der Waals surface area contributed by atoms with Crippen LogP contribution in [0, 0.1) is 0 Å². The SMILES string of the molecule is CN1CCN(NCc2cccnc2/C(N)=N/O)CC1. The first kappa shape index (κ1) is 13.7. The molecule has 1 saturated heterocycles. The molecule has 0 atom stereocenters. The summed E-state index contributed by atoms with van der Waals surface area (Å²) in [6, 6.07) is 3.76. The number of nitrogens with two attached hydrogens (primary N) is 1. The molecule has 19 heavy (non-hydrogen) atoms. The van der Waals surface area contributed by atoms with E-state index in [1.165, 1.54) is 0 Å². The van der Waals surface area contributed by atoms with E-state index in [1.807, 2.05) is 12.1 Å². The number of oxime groups is 1. The van der Waals surface area contributed by atoms with E-state index in [0.29, 0.717) is 12.2 Å². The van der Waals surface area contributed by atoms with Gasteiger partial charge in [0, 0.05) is 38.9 Å². The summed E-state index contributed by atoms with van der Waals surface area (Å²) in [6.07, 6.45) is 1.63. The molecule has 0 radical (unpaired) electrons.